The van der Waals surface area contributed by atoms with Crippen molar-refractivity contribution in [3.63, 3.8) is 0 Å². The molecule has 1 aromatic carbocycles. The fourth-order valence-electron chi connectivity index (χ4n) is 2.30. The minimum atomic E-state index is -0.474. The molecule has 1 aromatic heterocycles. The molecule has 0 spiro atoms. The van der Waals surface area contributed by atoms with Crippen molar-refractivity contribution in [3.8, 4) is 0 Å². The topological polar surface area (TPSA) is 103 Å². The van der Waals surface area contributed by atoms with Crippen molar-refractivity contribution in [1.29, 1.82) is 0 Å². The van der Waals surface area contributed by atoms with E-state index in [2.05, 4.69) is 29.4 Å². The van der Waals surface area contributed by atoms with Gasteiger partial charge in [-0.3, -0.25) is 9.59 Å². The Balaban J connectivity index is 2.03. The van der Waals surface area contributed by atoms with E-state index in [0.717, 1.165) is 6.07 Å². The zero-order valence-electron chi connectivity index (χ0n) is 15.0. The first kappa shape index (κ1) is 21.2. The molecule has 0 saturated carbocycles. The third-order valence-corrected chi connectivity index (χ3v) is 4.75. The van der Waals surface area contributed by atoms with E-state index >= 15 is 0 Å². The van der Waals surface area contributed by atoms with Gasteiger partial charge in [0.25, 0.3) is 0 Å². The fourth-order valence-corrected chi connectivity index (χ4v) is 3.28. The highest BCUT2D eigenvalue weighted by Gasteiger charge is 2.16. The Morgan fingerprint density at radius 2 is 2.11 bits per heavy atom. The lowest BCUT2D eigenvalue weighted by atomic mass is 10.2. The molecular weight excluding hydrogens is 393 g/mol. The van der Waals surface area contributed by atoms with Crippen LogP contribution in [0.15, 0.2) is 23.4 Å². The third kappa shape index (κ3) is 6.51. The van der Waals surface area contributed by atoms with Gasteiger partial charge in [0.05, 0.1) is 16.5 Å². The largest absolute Gasteiger partial charge is 0.370 e. The molecule has 0 aliphatic carbocycles. The molecule has 0 aliphatic heterocycles. The standard InChI is InChI=1S/C17H21ClFN5O2S/c1-10(2)8-24-15(6-5-14(20)25)22-23-17(24)27-9-16(26)21-13-4-3-11(19)7-12(13)18/h3-4,7,10H,5-6,8-9H2,1-2H3,(H2,20,25)(H,21,26). The van der Waals surface area contributed by atoms with Crippen LogP contribution in [-0.4, -0.2) is 32.3 Å². The van der Waals surface area contributed by atoms with Crippen LogP contribution in [-0.2, 0) is 22.6 Å². The number of hydrogen-bond donors (Lipinski definition) is 2. The number of amides is 2. The third-order valence-electron chi connectivity index (χ3n) is 3.47. The Morgan fingerprint density at radius 3 is 2.74 bits per heavy atom. The van der Waals surface area contributed by atoms with E-state index in [9.17, 15) is 14.0 Å². The molecule has 0 fully saturated rings. The number of benzene rings is 1. The Bertz CT molecular complexity index is 828. The summed E-state index contributed by atoms with van der Waals surface area (Å²) >= 11 is 7.14. The van der Waals surface area contributed by atoms with Gasteiger partial charge < -0.3 is 15.6 Å². The summed E-state index contributed by atoms with van der Waals surface area (Å²) in [5, 5.41) is 11.6. The molecule has 7 nitrogen and oxygen atoms in total. The SMILES string of the molecule is CC(C)Cn1c(CCC(N)=O)nnc1SCC(=O)Nc1ccc(F)cc1Cl. The van der Waals surface area contributed by atoms with Gasteiger partial charge >= 0.3 is 0 Å². The minimum absolute atomic E-state index is 0.0831. The number of halogens is 2. The maximum Gasteiger partial charge on any atom is 0.234 e. The first-order valence-electron chi connectivity index (χ1n) is 8.34. The summed E-state index contributed by atoms with van der Waals surface area (Å²) in [5.41, 5.74) is 5.54. The van der Waals surface area contributed by atoms with Crippen molar-refractivity contribution in [3.05, 3.63) is 34.9 Å². The van der Waals surface area contributed by atoms with Crippen LogP contribution >= 0.6 is 23.4 Å². The van der Waals surface area contributed by atoms with Crippen LogP contribution in [0.1, 0.15) is 26.1 Å². The number of nitrogens with two attached hydrogens (primary N) is 1. The van der Waals surface area contributed by atoms with Crippen molar-refractivity contribution in [2.45, 2.75) is 38.4 Å². The van der Waals surface area contributed by atoms with Crippen LogP contribution in [0.3, 0.4) is 0 Å². The molecule has 3 N–H and O–H groups in total. The van der Waals surface area contributed by atoms with Gasteiger partial charge in [0, 0.05) is 19.4 Å². The van der Waals surface area contributed by atoms with Gasteiger partial charge in [-0.2, -0.15) is 0 Å². The van der Waals surface area contributed by atoms with E-state index in [0.29, 0.717) is 35.6 Å². The normalized spacial score (nSPS) is 11.0. The first-order chi connectivity index (χ1) is 12.8. The molecule has 2 rings (SSSR count). The molecule has 0 saturated heterocycles. The number of aromatic nitrogens is 3. The molecule has 0 atom stereocenters. The summed E-state index contributed by atoms with van der Waals surface area (Å²) in [6.07, 6.45) is 0.581. The Kier molecular flexibility index (Phi) is 7.61. The minimum Gasteiger partial charge on any atom is -0.370 e. The number of carbonyl (C=O) groups is 2. The molecular formula is C17H21ClFN5O2S. The molecule has 10 heteroatoms. The lowest BCUT2D eigenvalue weighted by Crippen LogP contribution is -2.17. The quantitative estimate of drug-likeness (QED) is 0.615. The van der Waals surface area contributed by atoms with E-state index in [1.807, 2.05) is 4.57 Å². The van der Waals surface area contributed by atoms with Gasteiger partial charge in [-0.25, -0.2) is 4.39 Å². The fraction of sp³-hybridized carbons (Fsp3) is 0.412. The second-order valence-corrected chi connectivity index (χ2v) is 7.68. The first-order valence-corrected chi connectivity index (χ1v) is 9.70. The van der Waals surface area contributed by atoms with Crippen molar-refractivity contribution in [2.24, 2.45) is 11.7 Å². The molecule has 2 aromatic rings. The molecule has 1 heterocycles. The van der Waals surface area contributed by atoms with Gasteiger partial charge in [-0.15, -0.1) is 10.2 Å². The second kappa shape index (κ2) is 9.70. The van der Waals surface area contributed by atoms with E-state index in [1.54, 1.807) is 0 Å². The zero-order chi connectivity index (χ0) is 20.0. The monoisotopic (exact) mass is 413 g/mol. The van der Waals surface area contributed by atoms with Gasteiger partial charge in [0.1, 0.15) is 11.6 Å². The molecule has 27 heavy (non-hydrogen) atoms. The van der Waals surface area contributed by atoms with Gasteiger partial charge in [0.15, 0.2) is 5.16 Å². The zero-order valence-corrected chi connectivity index (χ0v) is 16.6. The van der Waals surface area contributed by atoms with Gasteiger partial charge in [0.2, 0.25) is 11.8 Å². The summed E-state index contributed by atoms with van der Waals surface area (Å²) in [7, 11) is 0. The van der Waals surface area contributed by atoms with Crippen LogP contribution in [0, 0.1) is 11.7 Å². The summed E-state index contributed by atoms with van der Waals surface area (Å²) in [6, 6.07) is 3.76. The Morgan fingerprint density at radius 1 is 1.37 bits per heavy atom. The number of anilines is 1. The average Bonchev–Trinajstić information content (AvgIpc) is 2.95. The maximum atomic E-state index is 13.1. The lowest BCUT2D eigenvalue weighted by molar-refractivity contribution is -0.118. The molecule has 0 unspecified atom stereocenters. The van der Waals surface area contributed by atoms with Crippen LogP contribution < -0.4 is 11.1 Å². The predicted octanol–water partition coefficient (Wildman–Crippen LogP) is 2.88. The number of nitrogens with zero attached hydrogens (tertiary/aromatic N) is 3. The number of hydrogen-bond acceptors (Lipinski definition) is 5. The summed E-state index contributed by atoms with van der Waals surface area (Å²) in [5.74, 6) is -0.103. The van der Waals surface area contributed by atoms with E-state index in [-0.39, 0.29) is 23.1 Å². The van der Waals surface area contributed by atoms with Crippen LogP contribution in [0.2, 0.25) is 5.02 Å². The highest BCUT2D eigenvalue weighted by Crippen LogP contribution is 2.24. The van der Waals surface area contributed by atoms with Crippen LogP contribution in [0.5, 0.6) is 0 Å². The van der Waals surface area contributed by atoms with E-state index < -0.39 is 11.7 Å². The average molecular weight is 414 g/mol. The number of nitrogens with one attached hydrogen (secondary N) is 1. The lowest BCUT2D eigenvalue weighted by Gasteiger charge is -2.12. The van der Waals surface area contributed by atoms with E-state index in [4.69, 9.17) is 17.3 Å². The summed E-state index contributed by atoms with van der Waals surface area (Å²) in [6.45, 7) is 4.76. The summed E-state index contributed by atoms with van der Waals surface area (Å²) in [4.78, 5) is 23.2. The van der Waals surface area contributed by atoms with Crippen LogP contribution in [0.25, 0.3) is 0 Å². The van der Waals surface area contributed by atoms with Crippen molar-refractivity contribution in [2.75, 3.05) is 11.1 Å². The van der Waals surface area contributed by atoms with Crippen molar-refractivity contribution in [1.82, 2.24) is 14.8 Å². The smallest absolute Gasteiger partial charge is 0.234 e. The number of rotatable bonds is 9. The van der Waals surface area contributed by atoms with Gasteiger partial charge in [-0.05, 0) is 24.1 Å². The van der Waals surface area contributed by atoms with Gasteiger partial charge in [-0.1, -0.05) is 37.2 Å². The maximum absolute atomic E-state index is 13.1. The second-order valence-electron chi connectivity index (χ2n) is 6.33. The molecule has 0 aliphatic rings. The van der Waals surface area contributed by atoms with E-state index in [1.165, 1.54) is 23.9 Å². The number of primary amides is 1. The molecule has 2 amide bonds. The number of aryl methyl sites for hydroxylation is 1. The van der Waals surface area contributed by atoms with Crippen molar-refractivity contribution >= 4 is 40.9 Å². The van der Waals surface area contributed by atoms with Crippen molar-refractivity contribution < 1.29 is 14.0 Å². The highest BCUT2D eigenvalue weighted by atomic mass is 35.5. The highest BCUT2D eigenvalue weighted by molar-refractivity contribution is 7.99. The number of thioether (sulfide) groups is 1. The number of carbonyl (C=O) groups excluding carboxylic acids is 2. The van der Waals surface area contributed by atoms with Crippen LogP contribution in [0.4, 0.5) is 10.1 Å². The molecule has 0 bridgehead atoms. The molecule has 146 valence electrons. The summed E-state index contributed by atoms with van der Waals surface area (Å²) < 4.78 is 15.0. The molecule has 0 radical (unpaired) electrons. The Labute approximate surface area is 165 Å². The predicted molar refractivity (Wildman–Crippen MR) is 103 cm³/mol. The Hall–Kier alpha value is -2.13.